The largest absolute Gasteiger partial charge is 0.508 e. The van der Waals surface area contributed by atoms with E-state index in [0.717, 1.165) is 11.3 Å². The highest BCUT2D eigenvalue weighted by molar-refractivity contribution is 5.78. The summed E-state index contributed by atoms with van der Waals surface area (Å²) in [6.07, 6.45) is 1.89. The van der Waals surface area contributed by atoms with E-state index in [2.05, 4.69) is 15.5 Å². The van der Waals surface area contributed by atoms with Crippen molar-refractivity contribution in [3.63, 3.8) is 0 Å². The minimum atomic E-state index is -0.0924. The number of H-pyrrole nitrogens is 1. The van der Waals surface area contributed by atoms with E-state index in [-0.39, 0.29) is 18.1 Å². The van der Waals surface area contributed by atoms with E-state index in [9.17, 15) is 9.90 Å². The molecule has 0 saturated heterocycles. The van der Waals surface area contributed by atoms with Gasteiger partial charge in [-0.15, -0.1) is 0 Å². The Labute approximate surface area is 98.5 Å². The lowest BCUT2D eigenvalue weighted by Gasteiger charge is -2.04. The number of amides is 1. The first kappa shape index (κ1) is 11.2. The zero-order valence-electron chi connectivity index (χ0n) is 9.18. The first-order chi connectivity index (χ1) is 8.24. The topological polar surface area (TPSA) is 78.0 Å². The molecule has 0 atom stereocenters. The molecule has 3 N–H and O–H groups in total. The molecule has 1 amide bonds. The van der Waals surface area contributed by atoms with Crippen LogP contribution in [0.5, 0.6) is 5.75 Å². The Hall–Kier alpha value is -2.30. The van der Waals surface area contributed by atoms with Crippen LogP contribution in [0.1, 0.15) is 11.3 Å². The van der Waals surface area contributed by atoms with Crippen molar-refractivity contribution >= 4 is 5.91 Å². The number of hydrogen-bond acceptors (Lipinski definition) is 3. The molecule has 2 rings (SSSR count). The molecule has 0 fully saturated rings. The summed E-state index contributed by atoms with van der Waals surface area (Å²) >= 11 is 0. The molecule has 1 aromatic heterocycles. The van der Waals surface area contributed by atoms with Crippen molar-refractivity contribution in [1.29, 1.82) is 0 Å². The van der Waals surface area contributed by atoms with Gasteiger partial charge in [-0.25, -0.2) is 0 Å². The molecule has 0 saturated carbocycles. The summed E-state index contributed by atoms with van der Waals surface area (Å²) in [6.45, 7) is 0.428. The Morgan fingerprint density at radius 2 is 2.29 bits per heavy atom. The maximum absolute atomic E-state index is 11.6. The van der Waals surface area contributed by atoms with Crippen LogP contribution in [-0.4, -0.2) is 21.2 Å². The van der Waals surface area contributed by atoms with Crippen LogP contribution in [0.15, 0.2) is 36.5 Å². The van der Waals surface area contributed by atoms with Gasteiger partial charge in [0.15, 0.2) is 0 Å². The molecular weight excluding hydrogens is 218 g/mol. The second-order valence-electron chi connectivity index (χ2n) is 3.71. The van der Waals surface area contributed by atoms with E-state index in [1.165, 1.54) is 0 Å². The Kier molecular flexibility index (Phi) is 3.40. The molecule has 0 bridgehead atoms. The van der Waals surface area contributed by atoms with Crippen molar-refractivity contribution in [2.24, 2.45) is 0 Å². The van der Waals surface area contributed by atoms with E-state index < -0.39 is 0 Å². The van der Waals surface area contributed by atoms with E-state index in [1.807, 2.05) is 0 Å². The summed E-state index contributed by atoms with van der Waals surface area (Å²) in [5, 5.41) is 18.6. The maximum atomic E-state index is 11.6. The van der Waals surface area contributed by atoms with E-state index in [4.69, 9.17) is 0 Å². The second-order valence-corrected chi connectivity index (χ2v) is 3.71. The van der Waals surface area contributed by atoms with Crippen molar-refractivity contribution in [1.82, 2.24) is 15.5 Å². The molecule has 0 radical (unpaired) electrons. The number of nitrogens with one attached hydrogen (secondary N) is 2. The molecule has 0 aliphatic carbocycles. The van der Waals surface area contributed by atoms with Crippen LogP contribution in [0.4, 0.5) is 0 Å². The van der Waals surface area contributed by atoms with Gasteiger partial charge in [0, 0.05) is 6.20 Å². The lowest BCUT2D eigenvalue weighted by Crippen LogP contribution is -2.24. The molecule has 1 aromatic carbocycles. The fraction of sp³-hybridized carbons (Fsp3) is 0.167. The summed E-state index contributed by atoms with van der Waals surface area (Å²) in [5.74, 6) is 0.0778. The molecule has 5 nitrogen and oxygen atoms in total. The molecular formula is C12H13N3O2. The number of aromatic amines is 1. The number of phenolic OH excluding ortho intramolecular Hbond substituents is 1. The van der Waals surface area contributed by atoms with Gasteiger partial charge >= 0.3 is 0 Å². The lowest BCUT2D eigenvalue weighted by atomic mass is 10.1. The molecule has 2 aromatic rings. The summed E-state index contributed by atoms with van der Waals surface area (Å²) in [6, 6.07) is 8.47. The van der Waals surface area contributed by atoms with Gasteiger partial charge in [0.05, 0.1) is 18.7 Å². The molecule has 0 spiro atoms. The number of aromatic nitrogens is 2. The zero-order chi connectivity index (χ0) is 12.1. The fourth-order valence-corrected chi connectivity index (χ4v) is 1.49. The Morgan fingerprint density at radius 3 is 3.00 bits per heavy atom. The molecule has 17 heavy (non-hydrogen) atoms. The maximum Gasteiger partial charge on any atom is 0.224 e. The molecule has 0 unspecified atom stereocenters. The molecule has 0 aliphatic rings. The van der Waals surface area contributed by atoms with Gasteiger partial charge < -0.3 is 10.4 Å². The highest BCUT2D eigenvalue weighted by Gasteiger charge is 2.04. The van der Waals surface area contributed by atoms with Gasteiger partial charge in [-0.3, -0.25) is 9.89 Å². The minimum absolute atomic E-state index is 0.0924. The first-order valence-electron chi connectivity index (χ1n) is 5.27. The summed E-state index contributed by atoms with van der Waals surface area (Å²) in [5.41, 5.74) is 1.64. The van der Waals surface area contributed by atoms with Crippen LogP contribution in [0.2, 0.25) is 0 Å². The number of carbonyl (C=O) groups excluding carboxylic acids is 1. The third-order valence-electron chi connectivity index (χ3n) is 2.31. The average Bonchev–Trinajstić information content (AvgIpc) is 2.79. The van der Waals surface area contributed by atoms with Crippen molar-refractivity contribution in [3.8, 4) is 5.75 Å². The Balaban J connectivity index is 1.85. The average molecular weight is 231 g/mol. The van der Waals surface area contributed by atoms with Crippen LogP contribution >= 0.6 is 0 Å². The highest BCUT2D eigenvalue weighted by Crippen LogP contribution is 2.11. The van der Waals surface area contributed by atoms with Gasteiger partial charge in [0.25, 0.3) is 0 Å². The van der Waals surface area contributed by atoms with Crippen LogP contribution in [0.25, 0.3) is 0 Å². The van der Waals surface area contributed by atoms with Gasteiger partial charge in [0.2, 0.25) is 5.91 Å². The second kappa shape index (κ2) is 5.16. The Bertz CT molecular complexity index is 494. The predicted molar refractivity (Wildman–Crippen MR) is 62.2 cm³/mol. The smallest absolute Gasteiger partial charge is 0.224 e. The monoisotopic (exact) mass is 231 g/mol. The zero-order valence-corrected chi connectivity index (χ0v) is 9.18. The highest BCUT2D eigenvalue weighted by atomic mass is 16.3. The van der Waals surface area contributed by atoms with E-state index >= 15 is 0 Å². The number of hydrogen-bond donors (Lipinski definition) is 3. The van der Waals surface area contributed by atoms with Gasteiger partial charge in [0.1, 0.15) is 5.75 Å². The van der Waals surface area contributed by atoms with Crippen LogP contribution in [-0.2, 0) is 17.8 Å². The predicted octanol–water partition coefficient (Wildman–Crippen LogP) is 0.974. The van der Waals surface area contributed by atoms with Gasteiger partial charge in [-0.05, 0) is 23.8 Å². The SMILES string of the molecule is O=C(Cc1cccc(O)c1)NCc1ccn[nH]1. The van der Waals surface area contributed by atoms with Crippen molar-refractivity contribution in [2.45, 2.75) is 13.0 Å². The lowest BCUT2D eigenvalue weighted by molar-refractivity contribution is -0.120. The fourth-order valence-electron chi connectivity index (χ4n) is 1.49. The number of benzene rings is 1. The van der Waals surface area contributed by atoms with E-state index in [1.54, 1.807) is 36.5 Å². The van der Waals surface area contributed by atoms with Crippen LogP contribution in [0, 0.1) is 0 Å². The van der Waals surface area contributed by atoms with Gasteiger partial charge in [-0.1, -0.05) is 12.1 Å². The molecule has 0 aliphatic heterocycles. The first-order valence-corrected chi connectivity index (χ1v) is 5.27. The van der Waals surface area contributed by atoms with Gasteiger partial charge in [-0.2, -0.15) is 5.10 Å². The van der Waals surface area contributed by atoms with E-state index in [0.29, 0.717) is 6.54 Å². The van der Waals surface area contributed by atoms with Crippen molar-refractivity contribution < 1.29 is 9.90 Å². The number of rotatable bonds is 4. The van der Waals surface area contributed by atoms with Crippen molar-refractivity contribution in [2.75, 3.05) is 0 Å². The standard InChI is InChI=1S/C12H13N3O2/c16-11-3-1-2-9(6-11)7-12(17)13-8-10-4-5-14-15-10/h1-6,16H,7-8H2,(H,13,17)(H,14,15). The number of nitrogens with zero attached hydrogens (tertiary/aromatic N) is 1. The summed E-state index contributed by atoms with van der Waals surface area (Å²) < 4.78 is 0. The normalized spacial score (nSPS) is 10.1. The minimum Gasteiger partial charge on any atom is -0.508 e. The quantitative estimate of drug-likeness (QED) is 0.733. The number of carbonyl (C=O) groups is 1. The molecule has 1 heterocycles. The van der Waals surface area contributed by atoms with Crippen molar-refractivity contribution in [3.05, 3.63) is 47.8 Å². The molecule has 88 valence electrons. The third kappa shape index (κ3) is 3.34. The number of phenols is 1. The number of aromatic hydroxyl groups is 1. The Morgan fingerprint density at radius 1 is 1.41 bits per heavy atom. The third-order valence-corrected chi connectivity index (χ3v) is 2.31. The molecule has 5 heteroatoms. The van der Waals surface area contributed by atoms with Crippen LogP contribution in [0.3, 0.4) is 0 Å². The summed E-state index contributed by atoms with van der Waals surface area (Å²) in [4.78, 5) is 11.6. The summed E-state index contributed by atoms with van der Waals surface area (Å²) in [7, 11) is 0. The van der Waals surface area contributed by atoms with Crippen LogP contribution < -0.4 is 5.32 Å².